The third-order valence-corrected chi connectivity index (χ3v) is 4.28. The molecule has 0 bridgehead atoms. The molecule has 108 valence electrons. The third kappa shape index (κ3) is 2.63. The van der Waals surface area contributed by atoms with E-state index >= 15 is 0 Å². The number of nitrogens with zero attached hydrogens (tertiary/aromatic N) is 1. The number of aromatic carboxylic acids is 1. The zero-order valence-corrected chi connectivity index (χ0v) is 10.9. The van der Waals surface area contributed by atoms with E-state index < -0.39 is 33.0 Å². The molecule has 0 aromatic heterocycles. The Morgan fingerprint density at radius 3 is 2.60 bits per heavy atom. The summed E-state index contributed by atoms with van der Waals surface area (Å²) >= 11 is 0. The Bertz CT molecular complexity index is 688. The fourth-order valence-corrected chi connectivity index (χ4v) is 2.71. The zero-order valence-electron chi connectivity index (χ0n) is 10.1. The number of amides is 1. The molecule has 3 N–H and O–H groups in total. The number of sulfonamides is 1. The number of rotatable bonds is 3. The molecule has 20 heavy (non-hydrogen) atoms. The molecular weight excluding hydrogens is 291 g/mol. The molecule has 1 fully saturated rings. The SMILES string of the molecule is NS(=O)(=O)C1CC(=O)N(c2cc(C(=O)O)ccc2F)C1. The van der Waals surface area contributed by atoms with Gasteiger partial charge in [0.15, 0.2) is 0 Å². The first kappa shape index (κ1) is 14.4. The van der Waals surface area contributed by atoms with Gasteiger partial charge in [-0.1, -0.05) is 0 Å². The summed E-state index contributed by atoms with van der Waals surface area (Å²) in [5, 5.41) is 12.7. The first-order chi connectivity index (χ1) is 9.20. The molecule has 1 amide bonds. The van der Waals surface area contributed by atoms with Crippen molar-refractivity contribution >= 4 is 27.6 Å². The van der Waals surface area contributed by atoms with Crippen LogP contribution in [-0.4, -0.2) is 37.2 Å². The van der Waals surface area contributed by atoms with Gasteiger partial charge in [0.25, 0.3) is 0 Å². The predicted molar refractivity (Wildman–Crippen MR) is 67.2 cm³/mol. The van der Waals surface area contributed by atoms with Crippen molar-refractivity contribution in [3.8, 4) is 0 Å². The first-order valence-corrected chi connectivity index (χ1v) is 7.16. The highest BCUT2D eigenvalue weighted by atomic mass is 32.2. The summed E-state index contributed by atoms with van der Waals surface area (Å²) in [6.45, 7) is -0.294. The normalized spacial score (nSPS) is 19.4. The molecule has 1 aliphatic heterocycles. The van der Waals surface area contributed by atoms with Crippen molar-refractivity contribution in [1.82, 2.24) is 0 Å². The molecule has 0 spiro atoms. The van der Waals surface area contributed by atoms with E-state index in [-0.39, 0.29) is 24.2 Å². The minimum atomic E-state index is -3.92. The molecule has 1 saturated heterocycles. The van der Waals surface area contributed by atoms with Crippen LogP contribution in [0.3, 0.4) is 0 Å². The van der Waals surface area contributed by atoms with Crippen molar-refractivity contribution < 1.29 is 27.5 Å². The van der Waals surface area contributed by atoms with E-state index in [1.165, 1.54) is 0 Å². The fourth-order valence-electron chi connectivity index (χ4n) is 1.98. The summed E-state index contributed by atoms with van der Waals surface area (Å²) in [4.78, 5) is 23.5. The summed E-state index contributed by atoms with van der Waals surface area (Å²) in [7, 11) is -3.92. The lowest BCUT2D eigenvalue weighted by Crippen LogP contribution is -2.32. The van der Waals surface area contributed by atoms with Gasteiger partial charge in [0, 0.05) is 13.0 Å². The second-order valence-corrected chi connectivity index (χ2v) is 6.24. The lowest BCUT2D eigenvalue weighted by molar-refractivity contribution is -0.117. The summed E-state index contributed by atoms with van der Waals surface area (Å²) < 4.78 is 36.2. The average molecular weight is 302 g/mol. The summed E-state index contributed by atoms with van der Waals surface area (Å²) in [6.07, 6.45) is -0.352. The quantitative estimate of drug-likeness (QED) is 0.809. The maximum Gasteiger partial charge on any atom is 0.335 e. The Morgan fingerprint density at radius 2 is 2.10 bits per heavy atom. The Labute approximate surface area is 113 Å². The number of hydrogen-bond donors (Lipinski definition) is 2. The number of carbonyl (C=O) groups is 2. The van der Waals surface area contributed by atoms with Crippen LogP contribution in [0.2, 0.25) is 0 Å². The van der Waals surface area contributed by atoms with Crippen molar-refractivity contribution in [2.75, 3.05) is 11.4 Å². The van der Waals surface area contributed by atoms with E-state index in [0.717, 1.165) is 23.1 Å². The number of nitrogens with two attached hydrogens (primary N) is 1. The van der Waals surface area contributed by atoms with Gasteiger partial charge in [-0.3, -0.25) is 4.79 Å². The number of anilines is 1. The van der Waals surface area contributed by atoms with Gasteiger partial charge in [0.2, 0.25) is 15.9 Å². The van der Waals surface area contributed by atoms with Gasteiger partial charge in [-0.25, -0.2) is 22.7 Å². The number of carboxylic acids is 1. The van der Waals surface area contributed by atoms with Crippen LogP contribution in [0.25, 0.3) is 0 Å². The van der Waals surface area contributed by atoms with Crippen LogP contribution in [0.5, 0.6) is 0 Å². The molecular formula is C11H11FN2O5S. The minimum absolute atomic E-state index is 0.201. The van der Waals surface area contributed by atoms with Crippen LogP contribution in [0.1, 0.15) is 16.8 Å². The lowest BCUT2D eigenvalue weighted by atomic mass is 10.2. The average Bonchev–Trinajstić information content (AvgIpc) is 2.71. The largest absolute Gasteiger partial charge is 0.478 e. The number of benzene rings is 1. The van der Waals surface area contributed by atoms with Crippen LogP contribution in [0.4, 0.5) is 10.1 Å². The molecule has 2 rings (SSSR count). The molecule has 0 saturated carbocycles. The Balaban J connectivity index is 2.40. The molecule has 7 nitrogen and oxygen atoms in total. The maximum absolute atomic E-state index is 13.7. The molecule has 1 atom stereocenters. The minimum Gasteiger partial charge on any atom is -0.478 e. The first-order valence-electron chi connectivity index (χ1n) is 5.55. The number of carboxylic acid groups (broad SMARTS) is 1. The van der Waals surface area contributed by atoms with Gasteiger partial charge in [0.1, 0.15) is 11.1 Å². The molecule has 0 aliphatic carbocycles. The molecule has 0 radical (unpaired) electrons. The van der Waals surface area contributed by atoms with Gasteiger partial charge < -0.3 is 10.0 Å². The second-order valence-electron chi connectivity index (χ2n) is 4.39. The van der Waals surface area contributed by atoms with Gasteiger partial charge in [-0.05, 0) is 18.2 Å². The van der Waals surface area contributed by atoms with Gasteiger partial charge in [-0.15, -0.1) is 0 Å². The molecule has 1 aromatic carbocycles. The van der Waals surface area contributed by atoms with Crippen molar-refractivity contribution in [1.29, 1.82) is 0 Å². The zero-order chi connectivity index (χ0) is 15.1. The lowest BCUT2D eigenvalue weighted by Gasteiger charge is -2.17. The van der Waals surface area contributed by atoms with Crippen LogP contribution >= 0.6 is 0 Å². The van der Waals surface area contributed by atoms with Crippen molar-refractivity contribution in [3.05, 3.63) is 29.6 Å². The van der Waals surface area contributed by atoms with E-state index in [1.54, 1.807) is 0 Å². The van der Waals surface area contributed by atoms with Crippen LogP contribution in [0.15, 0.2) is 18.2 Å². The van der Waals surface area contributed by atoms with Crippen molar-refractivity contribution in [3.63, 3.8) is 0 Å². The topological polar surface area (TPSA) is 118 Å². The fraction of sp³-hybridized carbons (Fsp3) is 0.273. The van der Waals surface area contributed by atoms with Gasteiger partial charge in [0.05, 0.1) is 11.3 Å². The van der Waals surface area contributed by atoms with Crippen LogP contribution < -0.4 is 10.0 Å². The molecule has 1 aliphatic rings. The Morgan fingerprint density at radius 1 is 1.45 bits per heavy atom. The van der Waals surface area contributed by atoms with E-state index in [1.807, 2.05) is 0 Å². The van der Waals surface area contributed by atoms with E-state index in [0.29, 0.717) is 0 Å². The van der Waals surface area contributed by atoms with Crippen LogP contribution in [-0.2, 0) is 14.8 Å². The maximum atomic E-state index is 13.7. The van der Waals surface area contributed by atoms with E-state index in [2.05, 4.69) is 0 Å². The summed E-state index contributed by atoms with van der Waals surface area (Å²) in [6, 6.07) is 2.95. The second kappa shape index (κ2) is 4.84. The number of carbonyl (C=O) groups excluding carboxylic acids is 1. The number of hydrogen-bond acceptors (Lipinski definition) is 4. The van der Waals surface area contributed by atoms with Crippen LogP contribution in [0, 0.1) is 5.82 Å². The summed E-state index contributed by atoms with van der Waals surface area (Å²) in [5.74, 6) is -2.70. The monoisotopic (exact) mass is 302 g/mol. The van der Waals surface area contributed by atoms with Crippen molar-refractivity contribution in [2.24, 2.45) is 5.14 Å². The molecule has 1 unspecified atom stereocenters. The molecule has 1 aromatic rings. The molecule has 1 heterocycles. The number of halogens is 1. The Hall–Kier alpha value is -2.00. The van der Waals surface area contributed by atoms with Gasteiger partial charge in [-0.2, -0.15) is 0 Å². The highest BCUT2D eigenvalue weighted by Gasteiger charge is 2.38. The smallest absolute Gasteiger partial charge is 0.335 e. The predicted octanol–water partition coefficient (Wildman–Crippen LogP) is -0.0823. The van der Waals surface area contributed by atoms with Crippen molar-refractivity contribution in [2.45, 2.75) is 11.7 Å². The highest BCUT2D eigenvalue weighted by molar-refractivity contribution is 7.89. The third-order valence-electron chi connectivity index (χ3n) is 3.04. The Kier molecular flexibility index (Phi) is 3.48. The highest BCUT2D eigenvalue weighted by Crippen LogP contribution is 2.27. The standard InChI is InChI=1S/C11H11FN2O5S/c12-8-2-1-6(11(16)17)3-9(8)14-5-7(4-10(14)15)20(13,18)19/h1-3,7H,4-5H2,(H,16,17)(H2,13,18,19). The summed E-state index contributed by atoms with van der Waals surface area (Å²) in [5.41, 5.74) is -0.464. The van der Waals surface area contributed by atoms with E-state index in [9.17, 15) is 22.4 Å². The number of primary sulfonamides is 1. The van der Waals surface area contributed by atoms with E-state index in [4.69, 9.17) is 10.2 Å². The van der Waals surface area contributed by atoms with Gasteiger partial charge >= 0.3 is 5.97 Å². The molecule has 9 heteroatoms.